The summed E-state index contributed by atoms with van der Waals surface area (Å²) in [5.74, 6) is 3.31. The SMILES string of the molecule is c1nscc1OC1CCSC1. The third-order valence-corrected chi connectivity index (χ3v) is 3.30. The van der Waals surface area contributed by atoms with E-state index in [1.54, 1.807) is 6.20 Å². The van der Waals surface area contributed by atoms with E-state index < -0.39 is 0 Å². The van der Waals surface area contributed by atoms with Crippen molar-refractivity contribution in [1.29, 1.82) is 0 Å². The van der Waals surface area contributed by atoms with E-state index in [0.29, 0.717) is 6.10 Å². The normalized spacial score (nSPS) is 23.8. The Morgan fingerprint density at radius 3 is 3.27 bits per heavy atom. The van der Waals surface area contributed by atoms with Crippen LogP contribution in [0.5, 0.6) is 5.75 Å². The predicted molar refractivity (Wildman–Crippen MR) is 48.5 cm³/mol. The average Bonchev–Trinajstić information content (AvgIpc) is 2.60. The number of rotatable bonds is 2. The number of nitrogens with zero attached hydrogens (tertiary/aromatic N) is 1. The molecule has 0 saturated carbocycles. The summed E-state index contributed by atoms with van der Waals surface area (Å²) in [4.78, 5) is 0. The fraction of sp³-hybridized carbons (Fsp3) is 0.571. The minimum atomic E-state index is 0.427. The van der Waals surface area contributed by atoms with E-state index >= 15 is 0 Å². The molecule has 0 aromatic carbocycles. The molecule has 2 heterocycles. The van der Waals surface area contributed by atoms with Gasteiger partial charge in [-0.25, -0.2) is 0 Å². The Labute approximate surface area is 74.1 Å². The first kappa shape index (κ1) is 7.43. The lowest BCUT2D eigenvalue weighted by atomic mass is 10.3. The van der Waals surface area contributed by atoms with Gasteiger partial charge >= 0.3 is 0 Å². The minimum Gasteiger partial charge on any atom is -0.487 e. The molecule has 1 aliphatic heterocycles. The highest BCUT2D eigenvalue weighted by Crippen LogP contribution is 2.23. The van der Waals surface area contributed by atoms with Gasteiger partial charge in [-0.15, -0.1) is 0 Å². The maximum absolute atomic E-state index is 5.64. The van der Waals surface area contributed by atoms with E-state index in [9.17, 15) is 0 Å². The van der Waals surface area contributed by atoms with Crippen LogP contribution in [0.3, 0.4) is 0 Å². The molecular formula is C7H9NOS2. The monoisotopic (exact) mass is 187 g/mol. The highest BCUT2D eigenvalue weighted by molar-refractivity contribution is 7.99. The first-order chi connectivity index (χ1) is 5.45. The van der Waals surface area contributed by atoms with E-state index in [4.69, 9.17) is 4.74 Å². The fourth-order valence-electron chi connectivity index (χ4n) is 1.05. The topological polar surface area (TPSA) is 22.1 Å². The van der Waals surface area contributed by atoms with Crippen LogP contribution in [-0.4, -0.2) is 22.0 Å². The van der Waals surface area contributed by atoms with Crippen LogP contribution < -0.4 is 4.74 Å². The van der Waals surface area contributed by atoms with Crippen molar-refractivity contribution >= 4 is 23.3 Å². The predicted octanol–water partition coefficient (Wildman–Crippen LogP) is 2.03. The molecule has 2 rings (SSSR count). The molecule has 2 nitrogen and oxygen atoms in total. The van der Waals surface area contributed by atoms with Gasteiger partial charge in [0.1, 0.15) is 11.9 Å². The van der Waals surface area contributed by atoms with Crippen molar-refractivity contribution in [2.24, 2.45) is 0 Å². The zero-order valence-corrected chi connectivity index (χ0v) is 7.66. The van der Waals surface area contributed by atoms with Gasteiger partial charge in [0, 0.05) is 5.75 Å². The maximum Gasteiger partial charge on any atom is 0.150 e. The summed E-state index contributed by atoms with van der Waals surface area (Å²) in [5, 5.41) is 1.95. The Balaban J connectivity index is 1.90. The van der Waals surface area contributed by atoms with Crippen LogP contribution >= 0.6 is 23.3 Å². The summed E-state index contributed by atoms with van der Waals surface area (Å²) in [6.45, 7) is 0. The molecule has 1 unspecified atom stereocenters. The van der Waals surface area contributed by atoms with E-state index in [1.165, 1.54) is 23.7 Å². The van der Waals surface area contributed by atoms with E-state index in [-0.39, 0.29) is 0 Å². The van der Waals surface area contributed by atoms with Gasteiger partial charge < -0.3 is 4.74 Å². The Kier molecular flexibility index (Phi) is 2.33. The minimum absolute atomic E-state index is 0.427. The second kappa shape index (κ2) is 3.45. The number of thioether (sulfide) groups is 1. The van der Waals surface area contributed by atoms with Gasteiger partial charge in [0.15, 0.2) is 0 Å². The zero-order chi connectivity index (χ0) is 7.52. The van der Waals surface area contributed by atoms with Crippen molar-refractivity contribution in [1.82, 2.24) is 4.37 Å². The second-order valence-electron chi connectivity index (χ2n) is 2.46. The molecule has 0 radical (unpaired) electrons. The first-order valence-electron chi connectivity index (χ1n) is 3.59. The van der Waals surface area contributed by atoms with Crippen molar-refractivity contribution in [3.05, 3.63) is 11.6 Å². The molecule has 1 aliphatic rings. The summed E-state index contributed by atoms with van der Waals surface area (Å²) < 4.78 is 9.62. The number of aromatic nitrogens is 1. The average molecular weight is 187 g/mol. The quantitative estimate of drug-likeness (QED) is 0.707. The molecule has 0 spiro atoms. The van der Waals surface area contributed by atoms with Gasteiger partial charge in [0.05, 0.1) is 11.6 Å². The third-order valence-electron chi connectivity index (χ3n) is 1.60. The highest BCUT2D eigenvalue weighted by Gasteiger charge is 2.16. The molecule has 0 aliphatic carbocycles. The van der Waals surface area contributed by atoms with Crippen LogP contribution in [0.2, 0.25) is 0 Å². The van der Waals surface area contributed by atoms with Crippen LogP contribution in [-0.2, 0) is 0 Å². The zero-order valence-electron chi connectivity index (χ0n) is 6.03. The molecule has 1 saturated heterocycles. The van der Waals surface area contributed by atoms with Gasteiger partial charge in [-0.2, -0.15) is 16.1 Å². The second-order valence-corrected chi connectivity index (χ2v) is 4.27. The summed E-state index contributed by atoms with van der Waals surface area (Å²) >= 11 is 3.40. The van der Waals surface area contributed by atoms with Crippen molar-refractivity contribution in [2.45, 2.75) is 12.5 Å². The summed E-state index contributed by atoms with van der Waals surface area (Å²) in [6.07, 6.45) is 3.39. The van der Waals surface area contributed by atoms with Crippen LogP contribution in [0, 0.1) is 0 Å². The molecule has 1 atom stereocenters. The molecule has 0 bridgehead atoms. The van der Waals surface area contributed by atoms with Crippen molar-refractivity contribution in [3.8, 4) is 5.75 Å². The molecule has 0 N–H and O–H groups in total. The standard InChI is InChI=1S/C7H9NOS2/c1-2-10-4-6(1)9-7-3-8-11-5-7/h3,5-6H,1-2,4H2. The molecular weight excluding hydrogens is 178 g/mol. The van der Waals surface area contributed by atoms with Crippen LogP contribution in [0.15, 0.2) is 11.6 Å². The largest absolute Gasteiger partial charge is 0.487 e. The Morgan fingerprint density at radius 1 is 1.64 bits per heavy atom. The van der Waals surface area contributed by atoms with Gasteiger partial charge in [0.25, 0.3) is 0 Å². The first-order valence-corrected chi connectivity index (χ1v) is 5.58. The molecule has 0 amide bonds. The van der Waals surface area contributed by atoms with Crippen LogP contribution in [0.4, 0.5) is 0 Å². The Hall–Kier alpha value is -0.220. The van der Waals surface area contributed by atoms with E-state index in [2.05, 4.69) is 4.37 Å². The van der Waals surface area contributed by atoms with Crippen LogP contribution in [0.25, 0.3) is 0 Å². The number of ether oxygens (including phenoxy) is 1. The molecule has 60 valence electrons. The summed E-state index contributed by atoms with van der Waals surface area (Å²) in [5.41, 5.74) is 0. The lowest BCUT2D eigenvalue weighted by Crippen LogP contribution is -2.14. The number of hydrogen-bond acceptors (Lipinski definition) is 4. The number of hydrogen-bond donors (Lipinski definition) is 0. The summed E-state index contributed by atoms with van der Waals surface area (Å²) in [7, 11) is 0. The van der Waals surface area contributed by atoms with Gasteiger partial charge in [-0.3, -0.25) is 0 Å². The third kappa shape index (κ3) is 1.87. The lowest BCUT2D eigenvalue weighted by Gasteiger charge is -2.08. The fourth-order valence-corrected chi connectivity index (χ4v) is 2.59. The summed E-state index contributed by atoms with van der Waals surface area (Å²) in [6, 6.07) is 0. The van der Waals surface area contributed by atoms with Crippen molar-refractivity contribution in [3.63, 3.8) is 0 Å². The van der Waals surface area contributed by atoms with Gasteiger partial charge in [0.2, 0.25) is 0 Å². The van der Waals surface area contributed by atoms with E-state index in [0.717, 1.165) is 11.5 Å². The lowest BCUT2D eigenvalue weighted by molar-refractivity contribution is 0.230. The molecule has 1 aromatic heterocycles. The van der Waals surface area contributed by atoms with Gasteiger partial charge in [-0.05, 0) is 23.7 Å². The molecule has 1 fully saturated rings. The van der Waals surface area contributed by atoms with Crippen LogP contribution in [0.1, 0.15) is 6.42 Å². The molecule has 11 heavy (non-hydrogen) atoms. The highest BCUT2D eigenvalue weighted by atomic mass is 32.2. The smallest absolute Gasteiger partial charge is 0.150 e. The van der Waals surface area contributed by atoms with Crippen molar-refractivity contribution in [2.75, 3.05) is 11.5 Å². The Bertz CT molecular complexity index is 206. The van der Waals surface area contributed by atoms with Gasteiger partial charge in [-0.1, -0.05) is 0 Å². The molecule has 1 aromatic rings. The van der Waals surface area contributed by atoms with E-state index in [1.807, 2.05) is 17.1 Å². The maximum atomic E-state index is 5.64. The molecule has 4 heteroatoms. The Morgan fingerprint density at radius 2 is 2.64 bits per heavy atom. The van der Waals surface area contributed by atoms with Crippen molar-refractivity contribution < 1.29 is 4.74 Å².